The van der Waals surface area contributed by atoms with Gasteiger partial charge in [-0.05, 0) is 12.3 Å². The Balaban J connectivity index is 2.38. The average molecular weight is 294 g/mol. The molecule has 2 nitrogen and oxygen atoms in total. The zero-order valence-electron chi connectivity index (χ0n) is 10.7. The maximum atomic E-state index is 13.7. The second kappa shape index (κ2) is 6.05. The van der Waals surface area contributed by atoms with Crippen LogP contribution in [0, 0.1) is 35.0 Å². The van der Waals surface area contributed by atoms with E-state index in [1.807, 2.05) is 0 Å². The van der Waals surface area contributed by atoms with E-state index in [9.17, 15) is 22.0 Å². The molecule has 0 aromatic heterocycles. The third kappa shape index (κ3) is 2.64. The molecule has 2 rings (SSSR count). The lowest BCUT2D eigenvalue weighted by atomic mass is 9.93. The van der Waals surface area contributed by atoms with Crippen LogP contribution in [-0.2, 0) is 0 Å². The Morgan fingerprint density at radius 1 is 0.900 bits per heavy atom. The zero-order chi connectivity index (χ0) is 14.9. The molecule has 0 aliphatic heterocycles. The van der Waals surface area contributed by atoms with Crippen molar-refractivity contribution in [2.45, 2.75) is 38.1 Å². The first-order chi connectivity index (χ1) is 9.47. The minimum absolute atomic E-state index is 0.172. The fourth-order valence-corrected chi connectivity index (χ4v) is 2.78. The molecule has 7 heteroatoms. The predicted octanol–water partition coefficient (Wildman–Crippen LogP) is 3.47. The van der Waals surface area contributed by atoms with Crippen molar-refractivity contribution in [3.63, 3.8) is 0 Å². The maximum Gasteiger partial charge on any atom is 0.200 e. The molecule has 112 valence electrons. The van der Waals surface area contributed by atoms with Crippen molar-refractivity contribution in [1.82, 2.24) is 5.43 Å². The van der Waals surface area contributed by atoms with Crippen molar-refractivity contribution in [3.8, 4) is 0 Å². The van der Waals surface area contributed by atoms with Crippen LogP contribution in [0.4, 0.5) is 22.0 Å². The molecule has 1 saturated carbocycles. The summed E-state index contributed by atoms with van der Waals surface area (Å²) in [6.45, 7) is 0. The van der Waals surface area contributed by atoms with Crippen LogP contribution in [-0.4, -0.2) is 0 Å². The quantitative estimate of drug-likeness (QED) is 0.293. The average Bonchev–Trinajstić information content (AvgIpc) is 2.95. The number of nitrogens with two attached hydrogens (primary N) is 1. The van der Waals surface area contributed by atoms with Gasteiger partial charge in [0, 0.05) is 5.56 Å². The summed E-state index contributed by atoms with van der Waals surface area (Å²) in [6, 6.07) is -1.09. The van der Waals surface area contributed by atoms with E-state index in [0.717, 1.165) is 25.7 Å². The molecule has 0 bridgehead atoms. The molecule has 0 heterocycles. The number of hydrogen-bond donors (Lipinski definition) is 2. The Morgan fingerprint density at radius 2 is 1.35 bits per heavy atom. The van der Waals surface area contributed by atoms with E-state index < -0.39 is 40.7 Å². The van der Waals surface area contributed by atoms with E-state index in [0.29, 0.717) is 0 Å². The second-order valence-corrected chi connectivity index (χ2v) is 5.09. The van der Waals surface area contributed by atoms with Crippen LogP contribution >= 0.6 is 0 Å². The van der Waals surface area contributed by atoms with Crippen LogP contribution in [0.15, 0.2) is 0 Å². The highest BCUT2D eigenvalue weighted by Gasteiger charge is 2.31. The topological polar surface area (TPSA) is 38.0 Å². The Bertz CT molecular complexity index is 471. The van der Waals surface area contributed by atoms with Gasteiger partial charge >= 0.3 is 0 Å². The first kappa shape index (κ1) is 15.2. The summed E-state index contributed by atoms with van der Waals surface area (Å²) in [6.07, 6.45) is 3.98. The van der Waals surface area contributed by atoms with Crippen LogP contribution in [0.3, 0.4) is 0 Å². The molecule has 20 heavy (non-hydrogen) atoms. The lowest BCUT2D eigenvalue weighted by Crippen LogP contribution is -2.31. The predicted molar refractivity (Wildman–Crippen MR) is 62.9 cm³/mol. The largest absolute Gasteiger partial charge is 0.271 e. The smallest absolute Gasteiger partial charge is 0.200 e. The van der Waals surface area contributed by atoms with Gasteiger partial charge in [-0.1, -0.05) is 25.7 Å². The molecular weight excluding hydrogens is 279 g/mol. The normalized spacial score (nSPS) is 17.7. The molecule has 1 atom stereocenters. The molecule has 0 saturated heterocycles. The van der Waals surface area contributed by atoms with Gasteiger partial charge < -0.3 is 0 Å². The number of nitrogens with one attached hydrogen (secondary N) is 1. The molecule has 1 unspecified atom stereocenters. The molecule has 1 aliphatic carbocycles. The van der Waals surface area contributed by atoms with Crippen molar-refractivity contribution in [3.05, 3.63) is 34.6 Å². The molecule has 1 aliphatic rings. The van der Waals surface area contributed by atoms with Crippen LogP contribution in [0.25, 0.3) is 0 Å². The fourth-order valence-electron chi connectivity index (χ4n) is 2.78. The van der Waals surface area contributed by atoms with Crippen LogP contribution in [0.2, 0.25) is 0 Å². The second-order valence-electron chi connectivity index (χ2n) is 5.09. The maximum absolute atomic E-state index is 13.7. The van der Waals surface area contributed by atoms with Crippen molar-refractivity contribution < 1.29 is 22.0 Å². The number of hydrazine groups is 1. The van der Waals surface area contributed by atoms with Gasteiger partial charge in [-0.3, -0.25) is 11.3 Å². The summed E-state index contributed by atoms with van der Waals surface area (Å²) in [7, 11) is 0. The Kier molecular flexibility index (Phi) is 4.59. The van der Waals surface area contributed by atoms with E-state index in [2.05, 4.69) is 5.43 Å². The van der Waals surface area contributed by atoms with E-state index >= 15 is 0 Å². The number of benzene rings is 1. The van der Waals surface area contributed by atoms with Crippen molar-refractivity contribution >= 4 is 0 Å². The molecular formula is C13H15F5N2. The molecule has 0 amide bonds. The number of halogens is 5. The minimum Gasteiger partial charge on any atom is -0.271 e. The van der Waals surface area contributed by atoms with Crippen LogP contribution < -0.4 is 11.3 Å². The number of rotatable bonds is 4. The Labute approximate surface area is 113 Å². The van der Waals surface area contributed by atoms with E-state index in [-0.39, 0.29) is 12.3 Å². The third-order valence-electron chi connectivity index (χ3n) is 3.84. The molecule has 0 spiro atoms. The minimum atomic E-state index is -2.15. The van der Waals surface area contributed by atoms with Gasteiger partial charge in [0.15, 0.2) is 23.3 Å². The summed E-state index contributed by atoms with van der Waals surface area (Å²) in [5.41, 5.74) is 1.29. The number of hydrogen-bond acceptors (Lipinski definition) is 2. The highest BCUT2D eigenvalue weighted by atomic mass is 19.2. The SMILES string of the molecule is NNC(CC1CCCC1)c1c(F)c(F)c(F)c(F)c1F. The van der Waals surface area contributed by atoms with E-state index in [1.165, 1.54) is 0 Å². The summed E-state index contributed by atoms with van der Waals surface area (Å²) in [5.74, 6) is -4.26. The van der Waals surface area contributed by atoms with Gasteiger partial charge in [0.2, 0.25) is 5.82 Å². The van der Waals surface area contributed by atoms with Gasteiger partial charge in [-0.25, -0.2) is 22.0 Å². The fraction of sp³-hybridized carbons (Fsp3) is 0.538. The first-order valence-electron chi connectivity index (χ1n) is 6.44. The lowest BCUT2D eigenvalue weighted by Gasteiger charge is -2.21. The van der Waals surface area contributed by atoms with Crippen LogP contribution in [0.1, 0.15) is 43.7 Å². The van der Waals surface area contributed by atoms with E-state index in [1.54, 1.807) is 0 Å². The zero-order valence-corrected chi connectivity index (χ0v) is 10.7. The van der Waals surface area contributed by atoms with Crippen molar-refractivity contribution in [2.24, 2.45) is 11.8 Å². The standard InChI is InChI=1S/C13H15F5N2/c14-9-8(10(15)12(17)13(18)11(9)16)7(20-19)5-6-3-1-2-4-6/h6-7,20H,1-5,19H2. The summed E-state index contributed by atoms with van der Waals surface area (Å²) < 4.78 is 66.8. The summed E-state index contributed by atoms with van der Waals surface area (Å²) in [4.78, 5) is 0. The van der Waals surface area contributed by atoms with Gasteiger partial charge in [-0.2, -0.15) is 0 Å². The van der Waals surface area contributed by atoms with Gasteiger partial charge in [0.25, 0.3) is 0 Å². The van der Waals surface area contributed by atoms with Gasteiger partial charge in [0.05, 0.1) is 6.04 Å². The molecule has 3 N–H and O–H groups in total. The Hall–Kier alpha value is -1.21. The highest BCUT2D eigenvalue weighted by Crippen LogP contribution is 2.35. The molecule has 0 radical (unpaired) electrons. The Morgan fingerprint density at radius 3 is 1.80 bits per heavy atom. The van der Waals surface area contributed by atoms with E-state index in [4.69, 9.17) is 5.84 Å². The van der Waals surface area contributed by atoms with Crippen LogP contribution in [0.5, 0.6) is 0 Å². The van der Waals surface area contributed by atoms with Crippen molar-refractivity contribution in [2.75, 3.05) is 0 Å². The first-order valence-corrected chi connectivity index (χ1v) is 6.44. The monoisotopic (exact) mass is 294 g/mol. The summed E-state index contributed by atoms with van der Waals surface area (Å²) >= 11 is 0. The van der Waals surface area contributed by atoms with Crippen molar-refractivity contribution in [1.29, 1.82) is 0 Å². The lowest BCUT2D eigenvalue weighted by molar-refractivity contribution is 0.335. The summed E-state index contributed by atoms with van der Waals surface area (Å²) in [5, 5.41) is 0. The van der Waals surface area contributed by atoms with Gasteiger partial charge in [0.1, 0.15) is 0 Å². The molecule has 1 aromatic rings. The molecule has 1 fully saturated rings. The third-order valence-corrected chi connectivity index (χ3v) is 3.84. The molecule has 1 aromatic carbocycles. The van der Waals surface area contributed by atoms with Gasteiger partial charge in [-0.15, -0.1) is 0 Å². The highest BCUT2D eigenvalue weighted by molar-refractivity contribution is 5.27.